The van der Waals surface area contributed by atoms with Gasteiger partial charge >= 0.3 is 0 Å². The SMILES string of the molecule is CCOc1ccc(F)cc1C(=O)C1CC2CCC(C1)N2. The van der Waals surface area contributed by atoms with Gasteiger partial charge in [0.05, 0.1) is 12.2 Å². The van der Waals surface area contributed by atoms with E-state index in [1.807, 2.05) is 6.92 Å². The zero-order valence-electron chi connectivity index (χ0n) is 11.7. The van der Waals surface area contributed by atoms with Crippen molar-refractivity contribution in [3.05, 3.63) is 29.6 Å². The third-order valence-corrected chi connectivity index (χ3v) is 4.35. The molecule has 0 aliphatic carbocycles. The number of hydrogen-bond acceptors (Lipinski definition) is 3. The molecule has 3 nitrogen and oxygen atoms in total. The smallest absolute Gasteiger partial charge is 0.169 e. The van der Waals surface area contributed by atoms with E-state index in [2.05, 4.69) is 5.32 Å². The summed E-state index contributed by atoms with van der Waals surface area (Å²) in [7, 11) is 0. The van der Waals surface area contributed by atoms with Crippen LogP contribution in [0.15, 0.2) is 18.2 Å². The molecular formula is C16H20FNO2. The average Bonchev–Trinajstić information content (AvgIpc) is 2.79. The molecule has 1 aromatic rings. The van der Waals surface area contributed by atoms with Crippen LogP contribution < -0.4 is 10.1 Å². The van der Waals surface area contributed by atoms with Crippen LogP contribution in [-0.4, -0.2) is 24.5 Å². The first-order valence-electron chi connectivity index (χ1n) is 7.40. The largest absolute Gasteiger partial charge is 0.493 e. The summed E-state index contributed by atoms with van der Waals surface area (Å²) in [4.78, 5) is 12.7. The number of carbonyl (C=O) groups excluding carboxylic acids is 1. The topological polar surface area (TPSA) is 38.3 Å². The summed E-state index contributed by atoms with van der Waals surface area (Å²) in [5, 5.41) is 3.52. The van der Waals surface area contributed by atoms with Gasteiger partial charge in [0.2, 0.25) is 0 Å². The van der Waals surface area contributed by atoms with E-state index in [1.165, 1.54) is 12.1 Å². The van der Waals surface area contributed by atoms with E-state index in [0.717, 1.165) is 25.7 Å². The Morgan fingerprint density at radius 2 is 2.05 bits per heavy atom. The molecule has 3 rings (SSSR count). The minimum absolute atomic E-state index is 0.00486. The van der Waals surface area contributed by atoms with E-state index in [1.54, 1.807) is 6.07 Å². The van der Waals surface area contributed by atoms with E-state index in [4.69, 9.17) is 4.74 Å². The van der Waals surface area contributed by atoms with Crippen LogP contribution in [0.5, 0.6) is 5.75 Å². The van der Waals surface area contributed by atoms with Gasteiger partial charge in [0.25, 0.3) is 0 Å². The van der Waals surface area contributed by atoms with E-state index in [9.17, 15) is 9.18 Å². The summed E-state index contributed by atoms with van der Waals surface area (Å²) in [6.45, 7) is 2.34. The number of Topliss-reactive ketones (excluding diaryl/α,β-unsaturated/α-hetero) is 1. The number of ether oxygens (including phenoxy) is 1. The van der Waals surface area contributed by atoms with Gasteiger partial charge in [0, 0.05) is 18.0 Å². The first kappa shape index (κ1) is 13.6. The molecule has 2 unspecified atom stereocenters. The summed E-state index contributed by atoms with van der Waals surface area (Å²) < 4.78 is 18.9. The lowest BCUT2D eigenvalue weighted by molar-refractivity contribution is 0.0871. The van der Waals surface area contributed by atoms with Gasteiger partial charge in [0.1, 0.15) is 11.6 Å². The molecule has 2 aliphatic heterocycles. The molecule has 0 aromatic heterocycles. The van der Waals surface area contributed by atoms with Gasteiger partial charge in [0.15, 0.2) is 5.78 Å². The maximum atomic E-state index is 13.5. The highest BCUT2D eigenvalue weighted by molar-refractivity contribution is 6.00. The van der Waals surface area contributed by atoms with Gasteiger partial charge < -0.3 is 10.1 Å². The molecule has 1 N–H and O–H groups in total. The Morgan fingerprint density at radius 3 is 2.70 bits per heavy atom. The van der Waals surface area contributed by atoms with Gasteiger partial charge in [-0.25, -0.2) is 4.39 Å². The molecule has 1 aromatic carbocycles. The second-order valence-electron chi connectivity index (χ2n) is 5.74. The lowest BCUT2D eigenvalue weighted by atomic mass is 9.85. The maximum absolute atomic E-state index is 13.5. The number of carbonyl (C=O) groups is 1. The third-order valence-electron chi connectivity index (χ3n) is 4.35. The van der Waals surface area contributed by atoms with E-state index >= 15 is 0 Å². The van der Waals surface area contributed by atoms with E-state index in [0.29, 0.717) is 30.0 Å². The van der Waals surface area contributed by atoms with Gasteiger partial charge in [-0.05, 0) is 50.8 Å². The van der Waals surface area contributed by atoms with Crippen molar-refractivity contribution in [1.29, 1.82) is 0 Å². The quantitative estimate of drug-likeness (QED) is 0.860. The monoisotopic (exact) mass is 277 g/mol. The standard InChI is InChI=1S/C16H20FNO2/c1-2-20-15-6-3-11(17)9-14(15)16(19)10-7-12-4-5-13(8-10)18-12/h3,6,9-10,12-13,18H,2,4-5,7-8H2,1H3. The Bertz CT molecular complexity index is 505. The number of ketones is 1. The van der Waals surface area contributed by atoms with Crippen molar-refractivity contribution in [2.75, 3.05) is 6.61 Å². The van der Waals surface area contributed by atoms with E-state index < -0.39 is 0 Å². The minimum Gasteiger partial charge on any atom is -0.493 e. The predicted molar refractivity (Wildman–Crippen MR) is 74.6 cm³/mol. The fraction of sp³-hybridized carbons (Fsp3) is 0.562. The van der Waals surface area contributed by atoms with Crippen LogP contribution in [0, 0.1) is 11.7 Å². The molecule has 0 spiro atoms. The molecule has 2 atom stereocenters. The number of rotatable bonds is 4. The zero-order valence-corrected chi connectivity index (χ0v) is 11.7. The minimum atomic E-state index is -0.381. The number of halogens is 1. The summed E-state index contributed by atoms with van der Waals surface area (Å²) in [6.07, 6.45) is 4.01. The molecule has 108 valence electrons. The number of fused-ring (bicyclic) bond motifs is 2. The number of hydrogen-bond donors (Lipinski definition) is 1. The normalized spacial score (nSPS) is 28.4. The molecule has 2 bridgehead atoms. The highest BCUT2D eigenvalue weighted by Crippen LogP contribution is 2.34. The summed E-state index contributed by atoms with van der Waals surface area (Å²) in [5.74, 6) is 0.152. The molecule has 4 heteroatoms. The lowest BCUT2D eigenvalue weighted by Crippen LogP contribution is -2.40. The van der Waals surface area contributed by atoms with Crippen molar-refractivity contribution in [3.8, 4) is 5.75 Å². The van der Waals surface area contributed by atoms with Gasteiger partial charge in [-0.3, -0.25) is 4.79 Å². The fourth-order valence-corrected chi connectivity index (χ4v) is 3.47. The maximum Gasteiger partial charge on any atom is 0.169 e. The summed E-state index contributed by atoms with van der Waals surface area (Å²) >= 11 is 0. The Hall–Kier alpha value is -1.42. The van der Waals surface area contributed by atoms with Crippen molar-refractivity contribution in [2.45, 2.75) is 44.7 Å². The number of nitrogens with one attached hydrogen (secondary N) is 1. The average molecular weight is 277 g/mol. The van der Waals surface area contributed by atoms with Gasteiger partial charge in [-0.15, -0.1) is 0 Å². The Labute approximate surface area is 118 Å². The molecule has 2 saturated heterocycles. The molecule has 20 heavy (non-hydrogen) atoms. The van der Waals surface area contributed by atoms with Crippen molar-refractivity contribution in [3.63, 3.8) is 0 Å². The Kier molecular flexibility index (Phi) is 3.74. The lowest BCUT2D eigenvalue weighted by Gasteiger charge is -2.28. The number of benzene rings is 1. The van der Waals surface area contributed by atoms with Crippen LogP contribution >= 0.6 is 0 Å². The number of piperidine rings is 1. The molecular weight excluding hydrogens is 257 g/mol. The van der Waals surface area contributed by atoms with Gasteiger partial charge in [-0.1, -0.05) is 0 Å². The molecule has 0 amide bonds. The van der Waals surface area contributed by atoms with Crippen LogP contribution in [0.25, 0.3) is 0 Å². The highest BCUT2D eigenvalue weighted by atomic mass is 19.1. The molecule has 2 heterocycles. The second-order valence-corrected chi connectivity index (χ2v) is 5.74. The third kappa shape index (κ3) is 2.57. The second kappa shape index (κ2) is 5.52. The van der Waals surface area contributed by atoms with Gasteiger partial charge in [-0.2, -0.15) is 0 Å². The Morgan fingerprint density at radius 1 is 1.35 bits per heavy atom. The van der Waals surface area contributed by atoms with Crippen LogP contribution in [0.4, 0.5) is 4.39 Å². The van der Waals surface area contributed by atoms with Crippen molar-refractivity contribution in [1.82, 2.24) is 5.32 Å². The van der Waals surface area contributed by atoms with E-state index in [-0.39, 0.29) is 17.5 Å². The first-order valence-corrected chi connectivity index (χ1v) is 7.40. The summed E-state index contributed by atoms with van der Waals surface area (Å²) in [5.41, 5.74) is 0.401. The highest BCUT2D eigenvalue weighted by Gasteiger charge is 2.37. The van der Waals surface area contributed by atoms with Crippen molar-refractivity contribution >= 4 is 5.78 Å². The Balaban J connectivity index is 1.84. The molecule has 2 fully saturated rings. The molecule has 0 saturated carbocycles. The predicted octanol–water partition coefficient (Wildman–Crippen LogP) is 2.94. The molecule has 0 radical (unpaired) electrons. The first-order chi connectivity index (χ1) is 9.67. The van der Waals surface area contributed by atoms with Crippen LogP contribution in [-0.2, 0) is 0 Å². The van der Waals surface area contributed by atoms with Crippen molar-refractivity contribution < 1.29 is 13.9 Å². The van der Waals surface area contributed by atoms with Crippen molar-refractivity contribution in [2.24, 2.45) is 5.92 Å². The van der Waals surface area contributed by atoms with Crippen LogP contribution in [0.1, 0.15) is 43.0 Å². The summed E-state index contributed by atoms with van der Waals surface area (Å²) in [6, 6.07) is 5.12. The fourth-order valence-electron chi connectivity index (χ4n) is 3.47. The molecule has 2 aliphatic rings. The van der Waals surface area contributed by atoms with Crippen LogP contribution in [0.3, 0.4) is 0 Å². The van der Waals surface area contributed by atoms with Crippen LogP contribution in [0.2, 0.25) is 0 Å². The zero-order chi connectivity index (χ0) is 14.1.